The number of likely N-dealkylation sites (tertiary alicyclic amines) is 1. The Labute approximate surface area is 350 Å². The van der Waals surface area contributed by atoms with E-state index in [0.29, 0.717) is 55.1 Å². The van der Waals surface area contributed by atoms with E-state index in [9.17, 15) is 31.9 Å². The Hall–Kier alpha value is -5.31. The Bertz CT molecular complexity index is 2090. The predicted molar refractivity (Wildman–Crippen MR) is 228 cm³/mol. The van der Waals surface area contributed by atoms with Crippen LogP contribution in [0.15, 0.2) is 54.3 Å². The van der Waals surface area contributed by atoms with Crippen molar-refractivity contribution in [1.29, 1.82) is 0 Å². The van der Waals surface area contributed by atoms with Gasteiger partial charge >= 0.3 is 5.97 Å². The van der Waals surface area contributed by atoms with Crippen LogP contribution in [0.25, 0.3) is 0 Å². The maximum Gasteiger partial charge on any atom is 0.347 e. The highest BCUT2D eigenvalue weighted by molar-refractivity contribution is 5.96. The summed E-state index contributed by atoms with van der Waals surface area (Å²) in [6, 6.07) is 8.02. The summed E-state index contributed by atoms with van der Waals surface area (Å²) in [6.07, 6.45) is 8.76. The van der Waals surface area contributed by atoms with Crippen molar-refractivity contribution in [2.45, 2.75) is 110 Å². The molecule has 2 fully saturated rings. The van der Waals surface area contributed by atoms with E-state index in [4.69, 9.17) is 16.2 Å². The van der Waals surface area contributed by atoms with E-state index in [-0.39, 0.29) is 29.2 Å². The molecule has 6 rings (SSSR count). The largest absolute Gasteiger partial charge is 0.421 e. The van der Waals surface area contributed by atoms with E-state index in [1.54, 1.807) is 13.0 Å². The van der Waals surface area contributed by atoms with Gasteiger partial charge in [-0.3, -0.25) is 14.5 Å². The number of aromatic nitrogens is 2. The summed E-state index contributed by atoms with van der Waals surface area (Å²) in [5.41, 5.74) is 13.4. The number of carbonyl (C=O) groups is 3. The molecule has 4 heterocycles. The lowest BCUT2D eigenvalue weighted by Gasteiger charge is -2.40. The molecule has 1 aliphatic carbocycles. The zero-order valence-corrected chi connectivity index (χ0v) is 36.0. The quantitative estimate of drug-likeness (QED) is 0.0704. The number of alkyl halides is 3. The number of carbonyl (C=O) groups excluding carboxylic acids is 3. The number of ether oxygens (including phenoxy) is 1. The first-order valence-electron chi connectivity index (χ1n) is 20.4. The van der Waals surface area contributed by atoms with Gasteiger partial charge in [-0.25, -0.2) is 23.5 Å². The molecule has 60 heavy (non-hydrogen) atoms. The van der Waals surface area contributed by atoms with E-state index in [1.807, 2.05) is 35.0 Å². The van der Waals surface area contributed by atoms with E-state index < -0.39 is 40.5 Å². The summed E-state index contributed by atoms with van der Waals surface area (Å²) < 4.78 is 61.6. The van der Waals surface area contributed by atoms with Crippen molar-refractivity contribution in [3.05, 3.63) is 93.7 Å². The number of anilines is 3. The van der Waals surface area contributed by atoms with Crippen molar-refractivity contribution < 1.29 is 36.7 Å². The Balaban J connectivity index is 0.000000391. The number of nitrogens with two attached hydrogens (primary N) is 2. The molecule has 1 saturated heterocycles. The molecule has 1 amide bonds. The molecule has 2 aliphatic heterocycles. The number of aldehydes is 1. The van der Waals surface area contributed by atoms with Crippen molar-refractivity contribution in [3.63, 3.8) is 0 Å². The zero-order valence-electron chi connectivity index (χ0n) is 36.0. The van der Waals surface area contributed by atoms with Gasteiger partial charge in [0.15, 0.2) is 17.9 Å². The van der Waals surface area contributed by atoms with Crippen LogP contribution in [-0.2, 0) is 16.4 Å². The third-order valence-corrected chi connectivity index (χ3v) is 10.9. The third-order valence-electron chi connectivity index (χ3n) is 10.9. The average Bonchev–Trinajstić information content (AvgIpc) is 3.39. The van der Waals surface area contributed by atoms with E-state index in [1.165, 1.54) is 31.9 Å². The molecule has 2 aromatic heterocycles. The minimum Gasteiger partial charge on any atom is -0.421 e. The van der Waals surface area contributed by atoms with Crippen molar-refractivity contribution in [2.75, 3.05) is 50.1 Å². The number of rotatable bonds is 9. The number of likely N-dealkylation sites (N-methyl/N-ethyl adjacent to an activating group) is 1. The molecule has 1 atom stereocenters. The first-order valence-corrected chi connectivity index (χ1v) is 20.4. The minimum absolute atomic E-state index is 0.0295. The second-order valence-electron chi connectivity index (χ2n) is 16.2. The summed E-state index contributed by atoms with van der Waals surface area (Å²) in [4.78, 5) is 49.8. The van der Waals surface area contributed by atoms with Crippen molar-refractivity contribution >= 4 is 35.5 Å². The van der Waals surface area contributed by atoms with Crippen LogP contribution in [0.1, 0.15) is 129 Å². The second kappa shape index (κ2) is 19.8. The highest BCUT2D eigenvalue weighted by Crippen LogP contribution is 2.43. The molecule has 1 unspecified atom stereocenters. The Morgan fingerprint density at radius 3 is 2.22 bits per heavy atom. The lowest BCUT2D eigenvalue weighted by Crippen LogP contribution is -2.47. The van der Waals surface area contributed by atoms with Crippen LogP contribution in [0.4, 0.5) is 34.9 Å². The maximum absolute atomic E-state index is 14.6. The van der Waals surface area contributed by atoms with E-state index >= 15 is 0 Å². The van der Waals surface area contributed by atoms with Crippen molar-refractivity contribution in [2.24, 2.45) is 0 Å². The fraction of sp³-hybridized carbons (Fsp3) is 0.489. The Kier molecular flexibility index (Phi) is 15.7. The predicted octanol–water partition coefficient (Wildman–Crippen LogP) is 9.01. The number of nitrogens with zero attached hydrogens (tertiary/aromatic N) is 5. The summed E-state index contributed by atoms with van der Waals surface area (Å²) in [5, 5.41) is 0. The van der Waals surface area contributed by atoms with Gasteiger partial charge in [0, 0.05) is 45.7 Å². The number of esters is 1. The highest BCUT2D eigenvalue weighted by Gasteiger charge is 2.35. The number of halogens is 4. The van der Waals surface area contributed by atoms with Gasteiger partial charge in [-0.1, -0.05) is 39.3 Å². The van der Waals surface area contributed by atoms with Crippen molar-refractivity contribution in [1.82, 2.24) is 19.8 Å². The monoisotopic (exact) mass is 837 g/mol. The van der Waals surface area contributed by atoms with Crippen LogP contribution >= 0.6 is 0 Å². The molecule has 3 aromatic rings. The maximum atomic E-state index is 14.6. The summed E-state index contributed by atoms with van der Waals surface area (Å²) in [5.74, 6) is -5.82. The molecule has 1 saturated carbocycles. The number of pyridine rings is 2. The molecule has 0 radical (unpaired) electrons. The standard InChI is InChI=1S/C32H38F3N5O3.C10H13FN2O.C3H8/c1-5-28(41)40-14-7-10-21-24(13-15-38(3)26(21)18-40)39(4)25-12-11-20(19-8-6-9-19)16-27(25)43-31(42)22-17-23(33)29(32(2,34)35)37-30(22)36;1-6-4-7(5-14)9(12)13-8(6)10(2,3)11;1-3-2/h5,11-12,16-17,19,26H,1,6-10,13-15,18H2,2-4H3,(H2,36,37);4-5H,1-3H3,(H2,12,13);3H2,1-2H3. The molecule has 0 bridgehead atoms. The normalized spacial score (nSPS) is 17.1. The smallest absolute Gasteiger partial charge is 0.347 e. The molecule has 3 aliphatic rings. The summed E-state index contributed by atoms with van der Waals surface area (Å²) in [6.45, 7) is 14.9. The Morgan fingerprint density at radius 2 is 1.65 bits per heavy atom. The topological polar surface area (TPSA) is 148 Å². The Morgan fingerprint density at radius 1 is 1.00 bits per heavy atom. The van der Waals surface area contributed by atoms with Crippen LogP contribution in [0, 0.1) is 12.7 Å². The second-order valence-corrected chi connectivity index (χ2v) is 16.2. The van der Waals surface area contributed by atoms with E-state index in [0.717, 1.165) is 56.3 Å². The number of nitrogen functional groups attached to an aromatic ring is 2. The number of hydrogen-bond acceptors (Lipinski definition) is 10. The summed E-state index contributed by atoms with van der Waals surface area (Å²) >= 11 is 0. The lowest BCUT2D eigenvalue weighted by molar-refractivity contribution is -0.126. The molecule has 326 valence electrons. The molecule has 1 aromatic carbocycles. The fourth-order valence-electron chi connectivity index (χ4n) is 7.59. The highest BCUT2D eigenvalue weighted by atomic mass is 19.3. The number of aryl methyl sites for hydroxylation is 1. The molecule has 0 spiro atoms. The van der Waals surface area contributed by atoms with Gasteiger partial charge in [-0.05, 0) is 106 Å². The number of amides is 1. The number of fused-ring (bicyclic) bond motifs is 1. The molecule has 15 heteroatoms. The van der Waals surface area contributed by atoms with Gasteiger partial charge in [0.1, 0.15) is 28.6 Å². The first-order chi connectivity index (χ1) is 28.2. The van der Waals surface area contributed by atoms with Gasteiger partial charge in [0.2, 0.25) is 5.91 Å². The molecule has 4 N–H and O–H groups in total. The number of hydrogen-bond donors (Lipinski definition) is 2. The molecule has 11 nitrogen and oxygen atoms in total. The van der Waals surface area contributed by atoms with Gasteiger partial charge < -0.3 is 26.0 Å². The SMILES string of the molecule is C=CC(=O)N1CCCC2=C(N(C)c3ccc(C4CCC4)cc3OC(=O)c3cc(F)c(C(C)(F)F)nc3N)CCN(C)C2C1.CCC.Cc1cc(C=O)c(N)nc1C(C)(C)F. The number of benzene rings is 1. The van der Waals surface area contributed by atoms with Crippen LogP contribution in [0.2, 0.25) is 0 Å². The van der Waals surface area contributed by atoms with Gasteiger partial charge in [-0.15, -0.1) is 0 Å². The van der Waals surface area contributed by atoms with Crippen LogP contribution < -0.4 is 21.1 Å². The average molecular weight is 838 g/mol. The van der Waals surface area contributed by atoms with Crippen LogP contribution in [0.3, 0.4) is 0 Å². The molecular formula is C45H59F4N7O4. The van der Waals surface area contributed by atoms with Gasteiger partial charge in [0.25, 0.3) is 5.92 Å². The van der Waals surface area contributed by atoms with Crippen LogP contribution in [-0.4, -0.2) is 77.7 Å². The van der Waals surface area contributed by atoms with E-state index in [2.05, 4.69) is 42.3 Å². The minimum atomic E-state index is -3.57. The zero-order chi connectivity index (χ0) is 44.7. The van der Waals surface area contributed by atoms with Gasteiger partial charge in [-0.2, -0.15) is 8.78 Å². The fourth-order valence-corrected chi connectivity index (χ4v) is 7.59. The summed E-state index contributed by atoms with van der Waals surface area (Å²) in [7, 11) is 3.98. The third kappa shape index (κ3) is 11.1. The molecular weight excluding hydrogens is 779 g/mol. The van der Waals surface area contributed by atoms with Crippen molar-refractivity contribution in [3.8, 4) is 5.75 Å². The van der Waals surface area contributed by atoms with Gasteiger partial charge in [0.05, 0.1) is 23.0 Å². The lowest BCUT2D eigenvalue weighted by atomic mass is 9.80. The van der Waals surface area contributed by atoms with Crippen LogP contribution in [0.5, 0.6) is 5.75 Å². The first kappa shape index (κ1) is 47.4.